The Balaban J connectivity index is 3.84. The zero-order chi connectivity index (χ0) is 19.3. The molecule has 0 amide bonds. The molecule has 7 heteroatoms. The van der Waals surface area contributed by atoms with Crippen LogP contribution in [0.25, 0.3) is 0 Å². The summed E-state index contributed by atoms with van der Waals surface area (Å²) in [4.78, 5) is 9.78. The van der Waals surface area contributed by atoms with Crippen molar-refractivity contribution in [3.8, 4) is 0 Å². The fourth-order valence-electron chi connectivity index (χ4n) is 2.55. The molecule has 0 aromatic carbocycles. The highest BCUT2D eigenvalue weighted by Gasteiger charge is 2.43. The van der Waals surface area contributed by atoms with Gasteiger partial charge in [-0.05, 0) is 27.2 Å². The number of unbranched alkanes of at least 4 members (excludes halogenated alkanes) is 9. The lowest BCUT2D eigenvalue weighted by Gasteiger charge is -2.35. The first kappa shape index (κ1) is 25.0. The maximum absolute atomic E-state index is 12.0. The first-order valence-corrected chi connectivity index (χ1v) is 11.2. The number of hydrogen-bond donors (Lipinski definition) is 3. The maximum atomic E-state index is 12.0. The van der Waals surface area contributed by atoms with E-state index in [1.807, 2.05) is 0 Å². The summed E-state index contributed by atoms with van der Waals surface area (Å²) in [6.07, 6.45) is 9.43. The highest BCUT2D eigenvalue weighted by atomic mass is 31.2. The molecular weight excluding hydrogens is 343 g/mol. The van der Waals surface area contributed by atoms with Crippen molar-refractivity contribution in [3.63, 3.8) is 0 Å². The van der Waals surface area contributed by atoms with Crippen molar-refractivity contribution in [2.24, 2.45) is 0 Å². The first-order valence-electron chi connectivity index (χ1n) is 9.70. The lowest BCUT2D eigenvalue weighted by atomic mass is 9.95. The Hall–Kier alpha value is 0.0300. The van der Waals surface area contributed by atoms with E-state index in [1.54, 1.807) is 0 Å². The van der Waals surface area contributed by atoms with Gasteiger partial charge in [-0.15, -0.1) is 0 Å². The molecule has 0 saturated carbocycles. The molecule has 0 aliphatic heterocycles. The smallest absolute Gasteiger partial charge is 0.390 e. The summed E-state index contributed by atoms with van der Waals surface area (Å²) in [5.41, 5.74) is -1.55. The minimum atomic E-state index is -4.32. The third kappa shape index (κ3) is 11.4. The summed E-state index contributed by atoms with van der Waals surface area (Å²) < 4.78 is 22.0. The van der Waals surface area contributed by atoms with E-state index in [-0.39, 0.29) is 6.61 Å². The molecule has 3 N–H and O–H groups in total. The number of phosphoric acid groups is 1. The maximum Gasteiger partial charge on any atom is 0.472 e. The van der Waals surface area contributed by atoms with E-state index in [4.69, 9.17) is 9.05 Å². The molecule has 0 aliphatic carbocycles. The SMILES string of the molecule is CCCCCCCCCCCCOP(=O)(O)OC(C)(C(C)O)C(C)O. The van der Waals surface area contributed by atoms with Crippen LogP contribution in [0.5, 0.6) is 0 Å². The highest BCUT2D eigenvalue weighted by Crippen LogP contribution is 2.49. The van der Waals surface area contributed by atoms with Crippen molar-refractivity contribution < 1.29 is 28.7 Å². The third-order valence-corrected chi connectivity index (χ3v) is 5.86. The molecule has 3 atom stereocenters. The van der Waals surface area contributed by atoms with E-state index in [0.717, 1.165) is 12.8 Å². The van der Waals surface area contributed by atoms with Gasteiger partial charge < -0.3 is 15.1 Å². The molecule has 0 radical (unpaired) electrons. The van der Waals surface area contributed by atoms with Crippen molar-refractivity contribution in [1.29, 1.82) is 0 Å². The van der Waals surface area contributed by atoms with Gasteiger partial charge in [0, 0.05) is 0 Å². The van der Waals surface area contributed by atoms with Crippen LogP contribution in [0.3, 0.4) is 0 Å². The van der Waals surface area contributed by atoms with E-state index in [0.29, 0.717) is 6.42 Å². The van der Waals surface area contributed by atoms with Crippen LogP contribution in [0.4, 0.5) is 0 Å². The van der Waals surface area contributed by atoms with E-state index in [9.17, 15) is 19.7 Å². The van der Waals surface area contributed by atoms with E-state index < -0.39 is 25.6 Å². The zero-order valence-electron chi connectivity index (χ0n) is 16.4. The molecule has 3 unspecified atom stereocenters. The monoisotopic (exact) mass is 382 g/mol. The lowest BCUT2D eigenvalue weighted by molar-refractivity contribution is -0.117. The molecule has 25 heavy (non-hydrogen) atoms. The summed E-state index contributed by atoms with van der Waals surface area (Å²) in [6.45, 7) is 6.52. The molecule has 0 rings (SSSR count). The van der Waals surface area contributed by atoms with Gasteiger partial charge in [0.05, 0.1) is 18.8 Å². The Morgan fingerprint density at radius 3 is 1.68 bits per heavy atom. The van der Waals surface area contributed by atoms with Crippen LogP contribution >= 0.6 is 7.82 Å². The van der Waals surface area contributed by atoms with Crippen LogP contribution in [0, 0.1) is 0 Å². The van der Waals surface area contributed by atoms with Crippen LogP contribution in [-0.2, 0) is 13.6 Å². The molecule has 0 aromatic rings. The summed E-state index contributed by atoms with van der Waals surface area (Å²) in [7, 11) is -4.32. The second-order valence-electron chi connectivity index (χ2n) is 7.11. The predicted molar refractivity (Wildman–Crippen MR) is 100 cm³/mol. The van der Waals surface area contributed by atoms with Crippen LogP contribution < -0.4 is 0 Å². The van der Waals surface area contributed by atoms with Gasteiger partial charge in [0.15, 0.2) is 0 Å². The Bertz CT molecular complexity index is 365. The number of hydrogen-bond acceptors (Lipinski definition) is 5. The minimum absolute atomic E-state index is 0.125. The van der Waals surface area contributed by atoms with Crippen molar-refractivity contribution in [2.75, 3.05) is 6.61 Å². The molecule has 152 valence electrons. The van der Waals surface area contributed by atoms with E-state index in [2.05, 4.69) is 6.92 Å². The molecular formula is C18H39O6P. The summed E-state index contributed by atoms with van der Waals surface area (Å²) in [6, 6.07) is 0. The topological polar surface area (TPSA) is 96.2 Å². The van der Waals surface area contributed by atoms with Crippen molar-refractivity contribution in [2.45, 2.75) is 110 Å². The number of rotatable bonds is 16. The Labute approximate surface area is 153 Å². The quantitative estimate of drug-likeness (QED) is 0.267. The zero-order valence-corrected chi connectivity index (χ0v) is 17.3. The second-order valence-corrected chi connectivity index (χ2v) is 8.49. The standard InChI is InChI=1S/C18H39O6P/c1-5-6-7-8-9-10-11-12-13-14-15-23-25(21,22)24-18(4,16(2)19)17(3)20/h16-17,19-20H,5-15H2,1-4H3,(H,21,22). The normalized spacial score (nSPS) is 19.2. The van der Waals surface area contributed by atoms with Crippen molar-refractivity contribution >= 4 is 7.82 Å². The molecule has 0 bridgehead atoms. The number of aliphatic hydroxyl groups excluding tert-OH is 2. The summed E-state index contributed by atoms with van der Waals surface area (Å²) >= 11 is 0. The molecule has 0 spiro atoms. The fourth-order valence-corrected chi connectivity index (χ4v) is 3.76. The van der Waals surface area contributed by atoms with Gasteiger partial charge in [-0.1, -0.05) is 64.7 Å². The Morgan fingerprint density at radius 1 is 0.880 bits per heavy atom. The third-order valence-electron chi connectivity index (χ3n) is 4.72. The van der Waals surface area contributed by atoms with Gasteiger partial charge in [0.25, 0.3) is 0 Å². The molecule has 0 aromatic heterocycles. The van der Waals surface area contributed by atoms with Gasteiger partial charge in [0.1, 0.15) is 5.60 Å². The highest BCUT2D eigenvalue weighted by molar-refractivity contribution is 7.47. The molecule has 0 fully saturated rings. The van der Waals surface area contributed by atoms with Gasteiger partial charge in [0.2, 0.25) is 0 Å². The fraction of sp³-hybridized carbons (Fsp3) is 1.00. The van der Waals surface area contributed by atoms with Gasteiger partial charge >= 0.3 is 7.82 Å². The number of phosphoric ester groups is 1. The van der Waals surface area contributed by atoms with Crippen LogP contribution in [0.2, 0.25) is 0 Å². The van der Waals surface area contributed by atoms with Gasteiger partial charge in [-0.2, -0.15) is 0 Å². The molecule has 6 nitrogen and oxygen atoms in total. The largest absolute Gasteiger partial charge is 0.472 e. The van der Waals surface area contributed by atoms with Crippen molar-refractivity contribution in [3.05, 3.63) is 0 Å². The first-order chi connectivity index (χ1) is 11.7. The van der Waals surface area contributed by atoms with Crippen molar-refractivity contribution in [1.82, 2.24) is 0 Å². The van der Waals surface area contributed by atoms with Crippen LogP contribution in [0.1, 0.15) is 91.9 Å². The molecule has 0 aliphatic rings. The number of aliphatic hydroxyl groups is 2. The lowest BCUT2D eigenvalue weighted by Crippen LogP contribution is -2.48. The Kier molecular flexibility index (Phi) is 13.3. The molecule has 0 saturated heterocycles. The predicted octanol–water partition coefficient (Wildman–Crippen LogP) is 4.56. The van der Waals surface area contributed by atoms with E-state index >= 15 is 0 Å². The minimum Gasteiger partial charge on any atom is -0.390 e. The average molecular weight is 382 g/mol. The second kappa shape index (κ2) is 13.2. The van der Waals surface area contributed by atoms with Gasteiger partial charge in [-0.25, -0.2) is 4.57 Å². The summed E-state index contributed by atoms with van der Waals surface area (Å²) in [5.74, 6) is 0. The van der Waals surface area contributed by atoms with Crippen LogP contribution in [-0.4, -0.2) is 39.5 Å². The van der Waals surface area contributed by atoms with Crippen LogP contribution in [0.15, 0.2) is 0 Å². The van der Waals surface area contributed by atoms with E-state index in [1.165, 1.54) is 65.7 Å². The average Bonchev–Trinajstić information content (AvgIpc) is 2.51. The molecule has 0 heterocycles. The van der Waals surface area contributed by atoms with Gasteiger partial charge in [-0.3, -0.25) is 9.05 Å². The Morgan fingerprint density at radius 2 is 1.28 bits per heavy atom. The summed E-state index contributed by atoms with van der Waals surface area (Å²) in [5, 5.41) is 19.4.